The molecule has 1 aromatic carbocycles. The molecule has 0 spiro atoms. The highest BCUT2D eigenvalue weighted by atomic mass is 35.5. The van der Waals surface area contributed by atoms with E-state index in [-0.39, 0.29) is 5.91 Å². The highest BCUT2D eigenvalue weighted by molar-refractivity contribution is 6.30. The fourth-order valence-corrected chi connectivity index (χ4v) is 3.43. The average Bonchev–Trinajstić information content (AvgIpc) is 2.93. The van der Waals surface area contributed by atoms with Crippen LogP contribution in [0.15, 0.2) is 48.7 Å². The summed E-state index contributed by atoms with van der Waals surface area (Å²) >= 11 is 5.91. The van der Waals surface area contributed by atoms with Crippen molar-refractivity contribution >= 4 is 29.1 Å². The number of hydrogen-bond acceptors (Lipinski definition) is 4. The fourth-order valence-electron chi connectivity index (χ4n) is 3.30. The minimum absolute atomic E-state index is 0.153. The molecule has 2 aromatic heterocycles. The van der Waals surface area contributed by atoms with Gasteiger partial charge < -0.3 is 9.80 Å². The maximum absolute atomic E-state index is 12.7. The predicted octanol–water partition coefficient (Wildman–Crippen LogP) is 2.66. The Bertz CT molecular complexity index is 908. The molecule has 1 aliphatic rings. The van der Waals surface area contributed by atoms with Crippen molar-refractivity contribution in [3.63, 3.8) is 0 Å². The van der Waals surface area contributed by atoms with Gasteiger partial charge in [-0.05, 0) is 36.2 Å². The largest absolute Gasteiger partial charge is 0.341 e. The van der Waals surface area contributed by atoms with Gasteiger partial charge in [0.15, 0.2) is 5.65 Å². The van der Waals surface area contributed by atoms with Gasteiger partial charge in [-0.15, -0.1) is 10.2 Å². The van der Waals surface area contributed by atoms with Crippen molar-refractivity contribution in [2.45, 2.75) is 12.8 Å². The monoisotopic (exact) mass is 369 g/mol. The van der Waals surface area contributed by atoms with Gasteiger partial charge in [-0.1, -0.05) is 29.8 Å². The van der Waals surface area contributed by atoms with Crippen molar-refractivity contribution in [2.24, 2.45) is 0 Å². The lowest BCUT2D eigenvalue weighted by atomic mass is 10.1. The molecule has 3 heterocycles. The van der Waals surface area contributed by atoms with Crippen LogP contribution in [0.5, 0.6) is 0 Å². The van der Waals surface area contributed by atoms with Crippen LogP contribution in [0.25, 0.3) is 5.65 Å². The van der Waals surface area contributed by atoms with Crippen LogP contribution in [0.1, 0.15) is 12.0 Å². The first-order valence-electron chi connectivity index (χ1n) is 8.78. The van der Waals surface area contributed by atoms with Crippen molar-refractivity contribution < 1.29 is 4.79 Å². The lowest BCUT2D eigenvalue weighted by Crippen LogP contribution is -2.36. The highest BCUT2D eigenvalue weighted by Gasteiger charge is 2.22. The number of halogens is 1. The van der Waals surface area contributed by atoms with Gasteiger partial charge >= 0.3 is 0 Å². The van der Waals surface area contributed by atoms with Crippen molar-refractivity contribution in [3.8, 4) is 0 Å². The smallest absolute Gasteiger partial charge is 0.231 e. The second-order valence-corrected chi connectivity index (χ2v) is 6.89. The van der Waals surface area contributed by atoms with Gasteiger partial charge in [-0.3, -0.25) is 9.20 Å². The van der Waals surface area contributed by atoms with Crippen molar-refractivity contribution in [1.82, 2.24) is 19.5 Å². The average molecular weight is 370 g/mol. The molecule has 6 nitrogen and oxygen atoms in total. The molecule has 0 aliphatic carbocycles. The zero-order chi connectivity index (χ0) is 17.9. The van der Waals surface area contributed by atoms with E-state index in [4.69, 9.17) is 11.6 Å². The van der Waals surface area contributed by atoms with Gasteiger partial charge in [0.25, 0.3) is 0 Å². The Morgan fingerprint density at radius 1 is 1.00 bits per heavy atom. The molecule has 1 saturated heterocycles. The normalized spacial score (nSPS) is 15.3. The van der Waals surface area contributed by atoms with Crippen LogP contribution >= 0.6 is 11.6 Å². The number of rotatable bonds is 3. The minimum Gasteiger partial charge on any atom is -0.341 e. The molecule has 0 atom stereocenters. The second kappa shape index (κ2) is 7.33. The summed E-state index contributed by atoms with van der Waals surface area (Å²) in [6.07, 6.45) is 3.29. The molecule has 0 radical (unpaired) electrons. The van der Waals surface area contributed by atoms with Gasteiger partial charge in [-0.2, -0.15) is 0 Å². The number of hydrogen-bond donors (Lipinski definition) is 0. The Labute approximate surface area is 157 Å². The lowest BCUT2D eigenvalue weighted by molar-refractivity contribution is -0.130. The number of carbonyl (C=O) groups excluding carboxylic acids is 1. The van der Waals surface area contributed by atoms with Crippen LogP contribution in [0.3, 0.4) is 0 Å². The first-order chi connectivity index (χ1) is 12.7. The maximum Gasteiger partial charge on any atom is 0.231 e. The maximum atomic E-state index is 12.7. The minimum atomic E-state index is 0.153. The van der Waals surface area contributed by atoms with Crippen molar-refractivity contribution in [3.05, 3.63) is 59.2 Å². The summed E-state index contributed by atoms with van der Waals surface area (Å²) in [5, 5.41) is 9.24. The number of carbonyl (C=O) groups is 1. The van der Waals surface area contributed by atoms with Crippen LogP contribution < -0.4 is 4.90 Å². The Balaban J connectivity index is 1.43. The van der Waals surface area contributed by atoms with Gasteiger partial charge in [0, 0.05) is 37.4 Å². The summed E-state index contributed by atoms with van der Waals surface area (Å²) in [7, 11) is 0. The third kappa shape index (κ3) is 3.51. The summed E-state index contributed by atoms with van der Waals surface area (Å²) in [5.74, 6) is 0.993. The Morgan fingerprint density at radius 2 is 1.85 bits per heavy atom. The molecule has 1 aliphatic heterocycles. The van der Waals surface area contributed by atoms with Gasteiger partial charge in [0.2, 0.25) is 11.9 Å². The highest BCUT2D eigenvalue weighted by Crippen LogP contribution is 2.17. The van der Waals surface area contributed by atoms with E-state index >= 15 is 0 Å². The molecule has 0 N–H and O–H groups in total. The fraction of sp³-hybridized carbons (Fsp3) is 0.316. The number of fused-ring (bicyclic) bond motifs is 1. The van der Waals surface area contributed by atoms with Crippen molar-refractivity contribution in [2.75, 3.05) is 31.1 Å². The summed E-state index contributed by atoms with van der Waals surface area (Å²) in [4.78, 5) is 16.8. The third-order valence-corrected chi connectivity index (χ3v) is 4.95. The third-order valence-electron chi connectivity index (χ3n) is 4.70. The first-order valence-corrected chi connectivity index (χ1v) is 9.15. The molecule has 0 saturated carbocycles. The molecule has 4 rings (SSSR count). The first kappa shape index (κ1) is 16.8. The quantitative estimate of drug-likeness (QED) is 0.712. The topological polar surface area (TPSA) is 53.7 Å². The number of anilines is 1. The van der Waals surface area contributed by atoms with Crippen LogP contribution in [0, 0.1) is 0 Å². The molecule has 26 heavy (non-hydrogen) atoms. The number of benzene rings is 1. The number of nitrogens with zero attached hydrogens (tertiary/aromatic N) is 5. The molecule has 1 fully saturated rings. The van der Waals surface area contributed by atoms with Gasteiger partial charge in [0.1, 0.15) is 0 Å². The van der Waals surface area contributed by atoms with E-state index in [9.17, 15) is 4.79 Å². The van der Waals surface area contributed by atoms with Gasteiger partial charge in [0.05, 0.1) is 6.42 Å². The number of amides is 1. The molecule has 7 heteroatoms. The second-order valence-electron chi connectivity index (χ2n) is 6.45. The molecule has 0 unspecified atom stereocenters. The molecule has 3 aromatic rings. The summed E-state index contributed by atoms with van der Waals surface area (Å²) in [5.41, 5.74) is 1.83. The SMILES string of the molecule is O=C(Cc1ccc(Cl)cc1)N1CCCN(c2nnc3ccccn23)CC1. The van der Waals surface area contributed by atoms with Crippen LogP contribution in [0.2, 0.25) is 5.02 Å². The van der Waals surface area contributed by atoms with E-state index < -0.39 is 0 Å². The van der Waals surface area contributed by atoms with Crippen LogP contribution in [-0.4, -0.2) is 51.6 Å². The van der Waals surface area contributed by atoms with Crippen LogP contribution in [-0.2, 0) is 11.2 Å². The number of pyridine rings is 1. The molecule has 134 valence electrons. The van der Waals surface area contributed by atoms with Gasteiger partial charge in [-0.25, -0.2) is 0 Å². The van der Waals surface area contributed by atoms with Crippen molar-refractivity contribution in [1.29, 1.82) is 0 Å². The van der Waals surface area contributed by atoms with E-state index in [2.05, 4.69) is 15.1 Å². The molecular weight excluding hydrogens is 350 g/mol. The lowest BCUT2D eigenvalue weighted by Gasteiger charge is -2.22. The molecular formula is C19H20ClN5O. The zero-order valence-electron chi connectivity index (χ0n) is 14.4. The molecule has 0 bridgehead atoms. The van der Waals surface area contributed by atoms with E-state index in [1.54, 1.807) is 0 Å². The van der Waals surface area contributed by atoms with E-state index in [1.807, 2.05) is 58.0 Å². The Morgan fingerprint density at radius 3 is 2.69 bits per heavy atom. The van der Waals surface area contributed by atoms with E-state index in [0.29, 0.717) is 18.0 Å². The summed E-state index contributed by atoms with van der Waals surface area (Å²) in [6.45, 7) is 3.07. The standard InChI is InChI=1S/C19H20ClN5O/c20-16-7-5-15(6-8-16)14-18(26)23-9-3-10-24(13-12-23)19-22-21-17-4-1-2-11-25(17)19/h1-2,4-8,11H,3,9-10,12-14H2. The van der Waals surface area contributed by atoms with Crippen LogP contribution in [0.4, 0.5) is 5.95 Å². The summed E-state index contributed by atoms with van der Waals surface area (Å²) in [6, 6.07) is 13.3. The Hall–Kier alpha value is -2.60. The molecule has 1 amide bonds. The zero-order valence-corrected chi connectivity index (χ0v) is 15.1. The summed E-state index contributed by atoms with van der Waals surface area (Å²) < 4.78 is 1.99. The Kier molecular flexibility index (Phi) is 4.75. The van der Waals surface area contributed by atoms with E-state index in [0.717, 1.165) is 43.2 Å². The predicted molar refractivity (Wildman–Crippen MR) is 102 cm³/mol. The number of aromatic nitrogens is 3. The van der Waals surface area contributed by atoms with E-state index in [1.165, 1.54) is 0 Å².